The molecule has 0 unspecified atom stereocenters. The summed E-state index contributed by atoms with van der Waals surface area (Å²) >= 11 is 6.89. The number of nitrogens with one attached hydrogen (secondary N) is 1. The van der Waals surface area contributed by atoms with E-state index in [-0.39, 0.29) is 32.5 Å². The van der Waals surface area contributed by atoms with Crippen molar-refractivity contribution in [3.05, 3.63) is 73.5 Å². The van der Waals surface area contributed by atoms with Gasteiger partial charge in [-0.1, -0.05) is 11.6 Å². The van der Waals surface area contributed by atoms with Crippen LogP contribution in [0.2, 0.25) is 5.02 Å². The Morgan fingerprint density at radius 2 is 1.94 bits per heavy atom. The van der Waals surface area contributed by atoms with Crippen molar-refractivity contribution in [2.24, 2.45) is 7.05 Å². The van der Waals surface area contributed by atoms with Crippen molar-refractivity contribution < 1.29 is 24.2 Å². The molecule has 33 heavy (non-hydrogen) atoms. The first-order chi connectivity index (χ1) is 15.7. The summed E-state index contributed by atoms with van der Waals surface area (Å²) in [5, 5.41) is 32.4. The third kappa shape index (κ3) is 5.81. The molecule has 1 heterocycles. The fourth-order valence-corrected chi connectivity index (χ4v) is 3.53. The molecule has 170 valence electrons. The first-order valence-corrected chi connectivity index (χ1v) is 10.1. The fraction of sp³-hybridized carbons (Fsp3) is 0.111. The van der Waals surface area contributed by atoms with E-state index in [2.05, 4.69) is 15.5 Å². The molecule has 3 rings (SSSR count). The number of carbonyl (C=O) groups is 2. The van der Waals surface area contributed by atoms with Gasteiger partial charge in [0.05, 0.1) is 31.0 Å². The van der Waals surface area contributed by atoms with Crippen LogP contribution in [0.3, 0.4) is 0 Å². The van der Waals surface area contributed by atoms with Gasteiger partial charge in [0.1, 0.15) is 6.33 Å². The summed E-state index contributed by atoms with van der Waals surface area (Å²) in [6, 6.07) is 7.16. The van der Waals surface area contributed by atoms with E-state index in [1.54, 1.807) is 11.6 Å². The molecular weight excluding hydrogens is 480 g/mol. The Morgan fingerprint density at radius 1 is 1.18 bits per heavy atom. The first-order valence-electron chi connectivity index (χ1n) is 8.87. The van der Waals surface area contributed by atoms with Gasteiger partial charge in [0.25, 0.3) is 17.3 Å². The average molecular weight is 493 g/mol. The van der Waals surface area contributed by atoms with E-state index in [9.17, 15) is 29.8 Å². The van der Waals surface area contributed by atoms with E-state index in [1.807, 2.05) is 0 Å². The topological polar surface area (TPSA) is 172 Å². The van der Waals surface area contributed by atoms with E-state index in [0.29, 0.717) is 5.16 Å². The predicted molar refractivity (Wildman–Crippen MR) is 115 cm³/mol. The lowest BCUT2D eigenvalue weighted by atomic mass is 10.2. The van der Waals surface area contributed by atoms with Crippen molar-refractivity contribution in [3.8, 4) is 0 Å². The van der Waals surface area contributed by atoms with Crippen LogP contribution in [0.15, 0.2) is 52.8 Å². The van der Waals surface area contributed by atoms with Gasteiger partial charge in [0.15, 0.2) is 11.8 Å². The van der Waals surface area contributed by atoms with E-state index >= 15 is 0 Å². The van der Waals surface area contributed by atoms with E-state index in [4.69, 9.17) is 16.3 Å². The van der Waals surface area contributed by atoms with Gasteiger partial charge in [0.2, 0.25) is 0 Å². The van der Waals surface area contributed by atoms with Crippen LogP contribution >= 0.6 is 23.4 Å². The van der Waals surface area contributed by atoms with Crippen molar-refractivity contribution in [1.29, 1.82) is 0 Å². The highest BCUT2D eigenvalue weighted by Crippen LogP contribution is 2.34. The van der Waals surface area contributed by atoms with Crippen LogP contribution < -0.4 is 5.32 Å². The van der Waals surface area contributed by atoms with Crippen LogP contribution in [-0.2, 0) is 16.6 Å². The maximum absolute atomic E-state index is 12.3. The Kier molecular flexibility index (Phi) is 7.20. The number of esters is 1. The summed E-state index contributed by atoms with van der Waals surface area (Å²) in [6.45, 7) is -0.713. The van der Waals surface area contributed by atoms with Crippen molar-refractivity contribution in [1.82, 2.24) is 14.8 Å². The summed E-state index contributed by atoms with van der Waals surface area (Å²) in [7, 11) is 1.68. The molecule has 0 atom stereocenters. The summed E-state index contributed by atoms with van der Waals surface area (Å²) in [6.07, 6.45) is 1.44. The maximum Gasteiger partial charge on any atom is 0.338 e. The molecule has 0 radical (unpaired) electrons. The van der Waals surface area contributed by atoms with Crippen molar-refractivity contribution in [3.63, 3.8) is 0 Å². The zero-order valence-electron chi connectivity index (χ0n) is 16.6. The predicted octanol–water partition coefficient (Wildman–Crippen LogP) is 3.23. The van der Waals surface area contributed by atoms with Gasteiger partial charge in [-0.05, 0) is 30.0 Å². The molecule has 1 amide bonds. The standard InChI is InChI=1S/C18H13ClN6O7S/c1-23-9-20-22-18(23)33-15-5-2-10(6-14(15)25(30)31)17(27)32-8-16(26)21-13-4-3-11(24(28)29)7-12(13)19/h2-7,9H,8H2,1H3,(H,21,26). The molecule has 3 aromatic rings. The zero-order valence-corrected chi connectivity index (χ0v) is 18.2. The van der Waals surface area contributed by atoms with Crippen LogP contribution in [0, 0.1) is 20.2 Å². The maximum atomic E-state index is 12.3. The number of hydrogen-bond donors (Lipinski definition) is 1. The Labute approximate surface area is 194 Å². The summed E-state index contributed by atoms with van der Waals surface area (Å²) in [4.78, 5) is 45.5. The second-order valence-corrected chi connectivity index (χ2v) is 7.73. The molecule has 1 N–H and O–H groups in total. The minimum atomic E-state index is -0.960. The molecule has 0 spiro atoms. The second kappa shape index (κ2) is 10.1. The smallest absolute Gasteiger partial charge is 0.338 e. The van der Waals surface area contributed by atoms with Crippen LogP contribution in [-0.4, -0.2) is 43.1 Å². The number of benzene rings is 2. The number of nitro benzene ring substituents is 2. The van der Waals surface area contributed by atoms with Gasteiger partial charge in [-0.25, -0.2) is 4.79 Å². The van der Waals surface area contributed by atoms with Crippen LogP contribution in [0.4, 0.5) is 17.1 Å². The average Bonchev–Trinajstić information content (AvgIpc) is 3.17. The number of aryl methyl sites for hydroxylation is 1. The SMILES string of the molecule is Cn1cnnc1Sc1ccc(C(=O)OCC(=O)Nc2ccc([N+](=O)[O-])cc2Cl)cc1[N+](=O)[O-]. The molecule has 0 bridgehead atoms. The number of anilines is 1. The number of ether oxygens (including phenoxy) is 1. The third-order valence-corrected chi connectivity index (χ3v) is 5.46. The van der Waals surface area contributed by atoms with E-state index in [1.165, 1.54) is 24.5 Å². The fourth-order valence-electron chi connectivity index (χ4n) is 2.46. The summed E-state index contributed by atoms with van der Waals surface area (Å²) in [5.74, 6) is -1.72. The third-order valence-electron chi connectivity index (χ3n) is 4.03. The number of nitro groups is 2. The highest BCUT2D eigenvalue weighted by molar-refractivity contribution is 7.99. The minimum Gasteiger partial charge on any atom is -0.452 e. The molecule has 0 saturated heterocycles. The van der Waals surface area contributed by atoms with Gasteiger partial charge in [0, 0.05) is 25.2 Å². The molecule has 0 saturated carbocycles. The van der Waals surface area contributed by atoms with E-state index in [0.717, 1.165) is 30.0 Å². The molecule has 0 aliphatic rings. The molecule has 0 aliphatic heterocycles. The Bertz CT molecular complexity index is 1260. The number of hydrogen-bond acceptors (Lipinski definition) is 10. The Morgan fingerprint density at radius 3 is 2.55 bits per heavy atom. The first kappa shape index (κ1) is 23.6. The number of amides is 1. The number of non-ortho nitro benzene ring substituents is 1. The lowest BCUT2D eigenvalue weighted by molar-refractivity contribution is -0.387. The van der Waals surface area contributed by atoms with Gasteiger partial charge >= 0.3 is 5.97 Å². The minimum absolute atomic E-state index is 0.0736. The molecule has 2 aromatic carbocycles. The highest BCUT2D eigenvalue weighted by atomic mass is 35.5. The quantitative estimate of drug-likeness (QED) is 0.279. The van der Waals surface area contributed by atoms with Crippen molar-refractivity contribution in [2.45, 2.75) is 10.1 Å². The lowest BCUT2D eigenvalue weighted by Crippen LogP contribution is -2.21. The zero-order chi connectivity index (χ0) is 24.1. The summed E-state index contributed by atoms with van der Waals surface area (Å²) < 4.78 is 6.48. The van der Waals surface area contributed by atoms with Crippen LogP contribution in [0.5, 0.6) is 0 Å². The molecule has 0 fully saturated rings. The molecular formula is C18H13ClN6O7S. The number of halogens is 1. The highest BCUT2D eigenvalue weighted by Gasteiger charge is 2.21. The summed E-state index contributed by atoms with van der Waals surface area (Å²) in [5.41, 5.74) is -0.652. The van der Waals surface area contributed by atoms with Crippen LogP contribution in [0.25, 0.3) is 0 Å². The molecule has 13 nitrogen and oxygen atoms in total. The molecule has 1 aromatic heterocycles. The van der Waals surface area contributed by atoms with Gasteiger partial charge < -0.3 is 14.6 Å². The lowest BCUT2D eigenvalue weighted by Gasteiger charge is -2.09. The molecule has 15 heteroatoms. The number of nitrogens with zero attached hydrogens (tertiary/aromatic N) is 5. The number of rotatable bonds is 8. The van der Waals surface area contributed by atoms with Gasteiger partial charge in [-0.2, -0.15) is 0 Å². The number of carbonyl (C=O) groups excluding carboxylic acids is 2. The van der Waals surface area contributed by atoms with Crippen LogP contribution in [0.1, 0.15) is 10.4 Å². The Hall–Kier alpha value is -4.04. The normalized spacial score (nSPS) is 10.5. The van der Waals surface area contributed by atoms with E-state index < -0.39 is 28.3 Å². The molecule has 0 aliphatic carbocycles. The second-order valence-electron chi connectivity index (χ2n) is 6.31. The van der Waals surface area contributed by atoms with Crippen molar-refractivity contribution in [2.75, 3.05) is 11.9 Å². The largest absolute Gasteiger partial charge is 0.452 e. The van der Waals surface area contributed by atoms with Gasteiger partial charge in [-0.3, -0.25) is 25.0 Å². The number of aromatic nitrogens is 3. The Balaban J connectivity index is 1.65. The van der Waals surface area contributed by atoms with Crippen molar-refractivity contribution >= 4 is 52.3 Å². The monoisotopic (exact) mass is 492 g/mol. The van der Waals surface area contributed by atoms with Gasteiger partial charge in [-0.15, -0.1) is 10.2 Å².